The lowest BCUT2D eigenvalue weighted by Gasteiger charge is -2.36. The number of aliphatic hydroxyl groups is 1. The molecule has 1 unspecified atom stereocenters. The number of β-amino-alcohol motifs (C(OH)–C–C–N with tert-alkyl or cyclic N) is 1. The number of ether oxygens (including phenoxy) is 1. The number of carbonyl (C=O) groups is 1. The number of hydrogen-bond acceptors (Lipinski definition) is 6. The monoisotopic (exact) mass is 453 g/mol. The highest BCUT2D eigenvalue weighted by atomic mass is 19.1. The number of carbonyl (C=O) groups excluding carboxylic acids is 1. The number of aromatic nitrogens is 3. The van der Waals surface area contributed by atoms with Crippen LogP contribution in [-0.4, -0.2) is 69.2 Å². The lowest BCUT2D eigenvalue weighted by Crippen LogP contribution is -2.47. The first kappa shape index (κ1) is 21.6. The number of alkyl halides is 1. The molecule has 0 saturated carbocycles. The third-order valence-electron chi connectivity index (χ3n) is 6.55. The van der Waals surface area contributed by atoms with Gasteiger partial charge in [0.15, 0.2) is 6.17 Å². The average molecular weight is 454 g/mol. The third kappa shape index (κ3) is 3.90. The Morgan fingerprint density at radius 2 is 2.15 bits per heavy atom. The normalized spacial score (nSPS) is 20.5. The Kier molecular flexibility index (Phi) is 5.65. The van der Waals surface area contributed by atoms with Crippen LogP contribution >= 0.6 is 0 Å². The number of amides is 1. The van der Waals surface area contributed by atoms with E-state index in [1.54, 1.807) is 15.8 Å². The molecule has 0 bridgehead atoms. The molecule has 2 aromatic heterocycles. The van der Waals surface area contributed by atoms with Gasteiger partial charge >= 0.3 is 0 Å². The van der Waals surface area contributed by atoms with Gasteiger partial charge in [-0.1, -0.05) is 6.92 Å². The van der Waals surface area contributed by atoms with Crippen molar-refractivity contribution in [3.8, 4) is 5.75 Å². The summed E-state index contributed by atoms with van der Waals surface area (Å²) in [6.07, 6.45) is 1.30. The smallest absolute Gasteiger partial charge is 0.256 e. The highest BCUT2D eigenvalue weighted by molar-refractivity contribution is 5.98. The van der Waals surface area contributed by atoms with E-state index in [4.69, 9.17) is 9.72 Å². The van der Waals surface area contributed by atoms with Crippen molar-refractivity contribution in [1.29, 1.82) is 0 Å². The van der Waals surface area contributed by atoms with Crippen molar-refractivity contribution in [2.75, 3.05) is 31.1 Å². The van der Waals surface area contributed by atoms with Crippen molar-refractivity contribution in [2.24, 2.45) is 7.05 Å². The van der Waals surface area contributed by atoms with E-state index in [2.05, 4.69) is 5.10 Å². The number of benzene rings is 1. The molecular weight excluding hydrogens is 425 g/mol. The number of piperidine rings is 1. The van der Waals surface area contributed by atoms with E-state index in [1.165, 1.54) is 0 Å². The summed E-state index contributed by atoms with van der Waals surface area (Å²) >= 11 is 0. The van der Waals surface area contributed by atoms with Gasteiger partial charge in [-0.2, -0.15) is 5.10 Å². The van der Waals surface area contributed by atoms with Crippen LogP contribution in [0.5, 0.6) is 5.75 Å². The molecule has 33 heavy (non-hydrogen) atoms. The molecule has 8 nitrogen and oxygen atoms in total. The minimum Gasteiger partial charge on any atom is -0.487 e. The summed E-state index contributed by atoms with van der Waals surface area (Å²) in [6.45, 7) is 3.39. The molecule has 1 aromatic carbocycles. The van der Waals surface area contributed by atoms with Gasteiger partial charge in [0.2, 0.25) is 0 Å². The Morgan fingerprint density at radius 3 is 2.91 bits per heavy atom. The van der Waals surface area contributed by atoms with Crippen LogP contribution in [-0.2, 0) is 20.0 Å². The van der Waals surface area contributed by atoms with Crippen molar-refractivity contribution in [1.82, 2.24) is 19.7 Å². The van der Waals surface area contributed by atoms with E-state index in [9.17, 15) is 9.90 Å². The Morgan fingerprint density at radius 1 is 1.30 bits per heavy atom. The minimum atomic E-state index is -1.17. The van der Waals surface area contributed by atoms with Crippen LogP contribution in [0.1, 0.15) is 35.0 Å². The highest BCUT2D eigenvalue weighted by Gasteiger charge is 2.35. The van der Waals surface area contributed by atoms with Crippen molar-refractivity contribution in [2.45, 2.75) is 38.6 Å². The molecule has 174 valence electrons. The van der Waals surface area contributed by atoms with E-state index >= 15 is 4.39 Å². The summed E-state index contributed by atoms with van der Waals surface area (Å²) in [4.78, 5) is 20.9. The van der Waals surface area contributed by atoms with Crippen LogP contribution in [0, 0.1) is 0 Å². The fourth-order valence-electron chi connectivity index (χ4n) is 4.74. The predicted molar refractivity (Wildman–Crippen MR) is 122 cm³/mol. The average Bonchev–Trinajstić information content (AvgIpc) is 3.33. The molecule has 1 fully saturated rings. The van der Waals surface area contributed by atoms with Crippen molar-refractivity contribution < 1.29 is 19.0 Å². The number of aliphatic hydroxyl groups excluding tert-OH is 1. The second-order valence-corrected chi connectivity index (χ2v) is 8.67. The largest absolute Gasteiger partial charge is 0.487 e. The Hall–Kier alpha value is -3.20. The van der Waals surface area contributed by atoms with E-state index < -0.39 is 12.3 Å². The molecule has 5 rings (SSSR count). The number of nitrogens with zero attached hydrogens (tertiary/aromatic N) is 5. The summed E-state index contributed by atoms with van der Waals surface area (Å²) in [7, 11) is 1.88. The number of halogens is 1. The maximum Gasteiger partial charge on any atom is 0.256 e. The van der Waals surface area contributed by atoms with Gasteiger partial charge in [-0.15, -0.1) is 0 Å². The standard InChI is InChI=1S/C24H28FN5O3/c1-3-15-11-18-20(14-30(8-9-31)24(18)32)27-23(15)29-7-6-22(19(25)13-29)33-17-4-5-21-16(10-17)12-26-28(21)2/h4-5,10-12,19,22,31H,3,6-9,13-14H2,1-2H3/t19-,22?/m0/s1. The molecule has 9 heteroatoms. The van der Waals surface area contributed by atoms with E-state index in [1.807, 2.05) is 43.1 Å². The van der Waals surface area contributed by atoms with Gasteiger partial charge in [-0.3, -0.25) is 9.48 Å². The molecule has 0 radical (unpaired) electrons. The van der Waals surface area contributed by atoms with E-state index in [0.29, 0.717) is 42.9 Å². The van der Waals surface area contributed by atoms with Crippen molar-refractivity contribution in [3.05, 3.63) is 47.3 Å². The molecule has 1 N–H and O–H groups in total. The fraction of sp³-hybridized carbons (Fsp3) is 0.458. The number of rotatable bonds is 6. The summed E-state index contributed by atoms with van der Waals surface area (Å²) in [5.41, 5.74) is 3.21. The third-order valence-corrected chi connectivity index (χ3v) is 6.55. The Labute approximate surface area is 191 Å². The maximum atomic E-state index is 15.2. The van der Waals surface area contributed by atoms with Crippen LogP contribution in [0.3, 0.4) is 0 Å². The molecule has 2 atom stereocenters. The molecule has 3 aromatic rings. The Bertz CT molecular complexity index is 1200. The summed E-state index contributed by atoms with van der Waals surface area (Å²) in [6, 6.07) is 7.57. The number of anilines is 1. The molecule has 0 spiro atoms. The van der Waals surface area contributed by atoms with Gasteiger partial charge in [0, 0.05) is 31.9 Å². The first-order chi connectivity index (χ1) is 16.0. The van der Waals surface area contributed by atoms with Gasteiger partial charge < -0.3 is 19.6 Å². The molecule has 2 aliphatic heterocycles. The summed E-state index contributed by atoms with van der Waals surface area (Å²) in [5.74, 6) is 1.28. The SMILES string of the molecule is CCc1cc2c(nc1N1CCC(Oc3ccc4c(cnn4C)c3)[C@@H](F)C1)CN(CCO)C2=O. The second-order valence-electron chi connectivity index (χ2n) is 8.67. The molecule has 4 heterocycles. The number of hydrogen-bond donors (Lipinski definition) is 1. The quantitative estimate of drug-likeness (QED) is 0.618. The summed E-state index contributed by atoms with van der Waals surface area (Å²) in [5, 5.41) is 14.4. The molecular formula is C24H28FN5O3. The van der Waals surface area contributed by atoms with Gasteiger partial charge in [-0.25, -0.2) is 9.37 Å². The second kappa shape index (κ2) is 8.62. The topological polar surface area (TPSA) is 83.7 Å². The zero-order valence-electron chi connectivity index (χ0n) is 18.9. The fourth-order valence-corrected chi connectivity index (χ4v) is 4.74. The van der Waals surface area contributed by atoms with Crippen LogP contribution in [0.15, 0.2) is 30.5 Å². The van der Waals surface area contributed by atoms with Gasteiger partial charge in [0.1, 0.15) is 17.7 Å². The lowest BCUT2D eigenvalue weighted by atomic mass is 10.0. The van der Waals surface area contributed by atoms with Gasteiger partial charge in [0.25, 0.3) is 5.91 Å². The first-order valence-corrected chi connectivity index (χ1v) is 11.4. The first-order valence-electron chi connectivity index (χ1n) is 11.4. The molecule has 1 amide bonds. The van der Waals surface area contributed by atoms with Crippen LogP contribution < -0.4 is 9.64 Å². The van der Waals surface area contributed by atoms with E-state index in [0.717, 1.165) is 22.3 Å². The lowest BCUT2D eigenvalue weighted by molar-refractivity contribution is 0.0745. The highest BCUT2D eigenvalue weighted by Crippen LogP contribution is 2.31. The van der Waals surface area contributed by atoms with Crippen molar-refractivity contribution in [3.63, 3.8) is 0 Å². The predicted octanol–water partition coefficient (Wildman–Crippen LogP) is 2.47. The van der Waals surface area contributed by atoms with Crippen LogP contribution in [0.25, 0.3) is 10.9 Å². The van der Waals surface area contributed by atoms with Gasteiger partial charge in [0.05, 0.1) is 42.7 Å². The zero-order valence-corrected chi connectivity index (χ0v) is 18.9. The molecule has 0 aliphatic carbocycles. The molecule has 2 aliphatic rings. The maximum absolute atomic E-state index is 15.2. The van der Waals surface area contributed by atoms with Crippen LogP contribution in [0.4, 0.5) is 10.2 Å². The van der Waals surface area contributed by atoms with Gasteiger partial charge in [-0.05, 0) is 36.2 Å². The number of fused-ring (bicyclic) bond motifs is 2. The minimum absolute atomic E-state index is 0.0853. The number of aryl methyl sites for hydroxylation is 2. The zero-order chi connectivity index (χ0) is 23.1. The van der Waals surface area contributed by atoms with Crippen molar-refractivity contribution >= 4 is 22.6 Å². The number of pyridine rings is 1. The van der Waals surface area contributed by atoms with Crippen LogP contribution in [0.2, 0.25) is 0 Å². The van der Waals surface area contributed by atoms with E-state index in [-0.39, 0.29) is 25.6 Å². The Balaban J connectivity index is 1.31. The molecule has 1 saturated heterocycles. The summed E-state index contributed by atoms with van der Waals surface area (Å²) < 4.78 is 23.0.